The van der Waals surface area contributed by atoms with Crippen LogP contribution in [0, 0.1) is 11.8 Å². The highest BCUT2D eigenvalue weighted by atomic mass is 16.4. The summed E-state index contributed by atoms with van der Waals surface area (Å²) in [4.78, 5) is 10.5. The number of aliphatic hydroxyl groups excluding tert-OH is 3. The molecular weight excluding hydrogens is 320 g/mol. The first-order valence-electron chi connectivity index (χ1n) is 9.90. The van der Waals surface area contributed by atoms with Crippen LogP contribution in [-0.2, 0) is 4.79 Å². The Morgan fingerprint density at radius 2 is 1.80 bits per heavy atom. The second kappa shape index (κ2) is 12.4. The van der Waals surface area contributed by atoms with Crippen LogP contribution < -0.4 is 0 Å². The molecule has 0 aliphatic heterocycles. The van der Waals surface area contributed by atoms with E-state index in [0.29, 0.717) is 12.8 Å². The molecule has 4 N–H and O–H groups in total. The zero-order chi connectivity index (χ0) is 18.7. The molecule has 0 aromatic carbocycles. The molecule has 0 aromatic rings. The number of carboxylic acid groups (broad SMARTS) is 1. The number of carbonyl (C=O) groups is 1. The van der Waals surface area contributed by atoms with Gasteiger partial charge in [0.05, 0.1) is 18.3 Å². The third-order valence-electron chi connectivity index (χ3n) is 5.25. The normalized spacial score (nSPS) is 27.8. The van der Waals surface area contributed by atoms with Gasteiger partial charge in [0, 0.05) is 18.8 Å². The average Bonchev–Trinajstić information content (AvgIpc) is 2.82. The fourth-order valence-corrected chi connectivity index (χ4v) is 3.74. The van der Waals surface area contributed by atoms with Gasteiger partial charge in [0.2, 0.25) is 0 Å². The molecule has 1 saturated carbocycles. The third kappa shape index (κ3) is 8.84. The number of aliphatic hydroxyl groups is 3. The van der Waals surface area contributed by atoms with Crippen LogP contribution in [0.5, 0.6) is 0 Å². The summed E-state index contributed by atoms with van der Waals surface area (Å²) in [6.45, 7) is 2.13. The van der Waals surface area contributed by atoms with Gasteiger partial charge in [-0.3, -0.25) is 4.79 Å². The maximum absolute atomic E-state index is 10.5. The summed E-state index contributed by atoms with van der Waals surface area (Å²) in [6, 6.07) is 0. The quantitative estimate of drug-likeness (QED) is 0.300. The lowest BCUT2D eigenvalue weighted by Crippen LogP contribution is -2.21. The second-order valence-corrected chi connectivity index (χ2v) is 7.41. The van der Waals surface area contributed by atoms with Crippen LogP contribution >= 0.6 is 0 Å². The average molecular weight is 357 g/mol. The minimum Gasteiger partial charge on any atom is -0.481 e. The van der Waals surface area contributed by atoms with E-state index in [9.17, 15) is 20.1 Å². The van der Waals surface area contributed by atoms with E-state index >= 15 is 0 Å². The van der Waals surface area contributed by atoms with Crippen molar-refractivity contribution in [3.8, 4) is 0 Å². The van der Waals surface area contributed by atoms with E-state index in [1.807, 2.05) is 6.08 Å². The summed E-state index contributed by atoms with van der Waals surface area (Å²) in [6.07, 6.45) is 11.0. The SMILES string of the molecule is CCCCC[C@@H](O)/C=C/[C@H]1[C@@H](CCCCCCC(=O)O)[C@H](O)C[C@@H]1O. The van der Waals surface area contributed by atoms with Crippen molar-refractivity contribution in [2.24, 2.45) is 11.8 Å². The van der Waals surface area contributed by atoms with Crippen LogP contribution in [0.4, 0.5) is 0 Å². The summed E-state index contributed by atoms with van der Waals surface area (Å²) in [5, 5.41) is 39.0. The maximum Gasteiger partial charge on any atom is 0.303 e. The molecule has 1 fully saturated rings. The Labute approximate surface area is 151 Å². The highest BCUT2D eigenvalue weighted by molar-refractivity contribution is 5.66. The number of unbranched alkanes of at least 4 members (excludes halogenated alkanes) is 5. The fraction of sp³-hybridized carbons (Fsp3) is 0.850. The monoisotopic (exact) mass is 356 g/mol. The molecule has 0 bridgehead atoms. The third-order valence-corrected chi connectivity index (χ3v) is 5.25. The standard InChI is InChI=1S/C20H36O5/c1-2-3-6-9-15(21)12-13-17-16(18(22)14-19(17)23)10-7-4-5-8-11-20(24)25/h12-13,15-19,21-23H,2-11,14H2,1H3,(H,24,25)/b13-12+/t15-,16-,17+,18-,19+/m1/s1. The van der Waals surface area contributed by atoms with Gasteiger partial charge >= 0.3 is 5.97 Å². The molecular formula is C20H36O5. The van der Waals surface area contributed by atoms with Crippen LogP contribution in [0.1, 0.15) is 77.6 Å². The predicted octanol–water partition coefficient (Wildman–Crippen LogP) is 3.27. The number of hydrogen-bond donors (Lipinski definition) is 4. The van der Waals surface area contributed by atoms with Gasteiger partial charge in [-0.15, -0.1) is 0 Å². The summed E-state index contributed by atoms with van der Waals surface area (Å²) in [5.41, 5.74) is 0. The second-order valence-electron chi connectivity index (χ2n) is 7.41. The smallest absolute Gasteiger partial charge is 0.303 e. The topological polar surface area (TPSA) is 98.0 Å². The summed E-state index contributed by atoms with van der Waals surface area (Å²) in [7, 11) is 0. The number of aliphatic carboxylic acids is 1. The van der Waals surface area contributed by atoms with Crippen molar-refractivity contribution in [1.29, 1.82) is 0 Å². The van der Waals surface area contributed by atoms with Gasteiger partial charge in [-0.25, -0.2) is 0 Å². The number of carboxylic acids is 1. The van der Waals surface area contributed by atoms with Crippen molar-refractivity contribution < 1.29 is 25.2 Å². The molecule has 0 unspecified atom stereocenters. The van der Waals surface area contributed by atoms with Crippen molar-refractivity contribution in [1.82, 2.24) is 0 Å². The molecule has 1 rings (SSSR count). The summed E-state index contributed by atoms with van der Waals surface area (Å²) in [5.74, 6) is -0.833. The molecule has 0 amide bonds. The first-order chi connectivity index (χ1) is 12.0. The van der Waals surface area contributed by atoms with E-state index in [-0.39, 0.29) is 18.3 Å². The van der Waals surface area contributed by atoms with Crippen LogP contribution in [0.25, 0.3) is 0 Å². The van der Waals surface area contributed by atoms with Gasteiger partial charge in [0.25, 0.3) is 0 Å². The van der Waals surface area contributed by atoms with E-state index < -0.39 is 24.3 Å². The van der Waals surface area contributed by atoms with Crippen molar-refractivity contribution >= 4 is 5.97 Å². The zero-order valence-corrected chi connectivity index (χ0v) is 15.5. The van der Waals surface area contributed by atoms with Crippen LogP contribution in [-0.4, -0.2) is 44.7 Å². The molecule has 5 atom stereocenters. The van der Waals surface area contributed by atoms with Crippen LogP contribution in [0.2, 0.25) is 0 Å². The minimum absolute atomic E-state index is 0.0218. The van der Waals surface area contributed by atoms with Crippen molar-refractivity contribution in [3.63, 3.8) is 0 Å². The Morgan fingerprint density at radius 1 is 1.08 bits per heavy atom. The van der Waals surface area contributed by atoms with E-state index in [1.165, 1.54) is 0 Å². The van der Waals surface area contributed by atoms with Gasteiger partial charge < -0.3 is 20.4 Å². The first-order valence-corrected chi connectivity index (χ1v) is 9.90. The van der Waals surface area contributed by atoms with E-state index in [0.717, 1.165) is 51.4 Å². The Morgan fingerprint density at radius 3 is 2.48 bits per heavy atom. The highest BCUT2D eigenvalue weighted by Gasteiger charge is 2.39. The van der Waals surface area contributed by atoms with Gasteiger partial charge in [0.1, 0.15) is 0 Å². The number of rotatable bonds is 13. The molecule has 1 aliphatic carbocycles. The van der Waals surface area contributed by atoms with Gasteiger partial charge in [-0.2, -0.15) is 0 Å². The van der Waals surface area contributed by atoms with Gasteiger partial charge in [-0.05, 0) is 25.2 Å². The van der Waals surface area contributed by atoms with E-state index in [2.05, 4.69) is 6.92 Å². The Bertz CT molecular complexity index is 396. The Kier molecular flexibility index (Phi) is 11.0. The molecule has 146 valence electrons. The molecule has 5 nitrogen and oxygen atoms in total. The maximum atomic E-state index is 10.5. The summed E-state index contributed by atoms with van der Waals surface area (Å²) >= 11 is 0. The predicted molar refractivity (Wildman–Crippen MR) is 98.2 cm³/mol. The molecule has 0 heterocycles. The summed E-state index contributed by atoms with van der Waals surface area (Å²) < 4.78 is 0. The molecule has 1 aliphatic rings. The van der Waals surface area contributed by atoms with E-state index in [1.54, 1.807) is 6.08 Å². The zero-order valence-electron chi connectivity index (χ0n) is 15.5. The van der Waals surface area contributed by atoms with Crippen LogP contribution in [0.15, 0.2) is 12.2 Å². The van der Waals surface area contributed by atoms with Crippen molar-refractivity contribution in [2.45, 2.75) is 95.9 Å². The number of hydrogen-bond acceptors (Lipinski definition) is 4. The van der Waals surface area contributed by atoms with Crippen LogP contribution in [0.3, 0.4) is 0 Å². The van der Waals surface area contributed by atoms with Crippen molar-refractivity contribution in [3.05, 3.63) is 12.2 Å². The lowest BCUT2D eigenvalue weighted by molar-refractivity contribution is -0.137. The molecule has 5 heteroatoms. The molecule has 0 aromatic heterocycles. The molecule has 0 saturated heterocycles. The van der Waals surface area contributed by atoms with E-state index in [4.69, 9.17) is 5.11 Å². The van der Waals surface area contributed by atoms with Crippen molar-refractivity contribution in [2.75, 3.05) is 0 Å². The molecule has 0 spiro atoms. The minimum atomic E-state index is -0.753. The molecule has 0 radical (unpaired) electrons. The first kappa shape index (κ1) is 22.1. The molecule has 25 heavy (non-hydrogen) atoms. The Balaban J connectivity index is 2.38. The lowest BCUT2D eigenvalue weighted by Gasteiger charge is -2.21. The van der Waals surface area contributed by atoms with Gasteiger partial charge in [-0.1, -0.05) is 57.6 Å². The fourth-order valence-electron chi connectivity index (χ4n) is 3.74. The van der Waals surface area contributed by atoms with Gasteiger partial charge in [0.15, 0.2) is 0 Å². The Hall–Kier alpha value is -0.910. The highest BCUT2D eigenvalue weighted by Crippen LogP contribution is 2.37. The lowest BCUT2D eigenvalue weighted by atomic mass is 9.88. The largest absolute Gasteiger partial charge is 0.481 e.